The quantitative estimate of drug-likeness (QED) is 0.748. The Kier molecular flexibility index (Phi) is 4.58. The lowest BCUT2D eigenvalue weighted by Crippen LogP contribution is -2.42. The average Bonchev–Trinajstić information content (AvgIpc) is 3.22. The molecule has 8 nitrogen and oxygen atoms in total. The number of anilines is 1. The molecule has 2 aromatic rings. The summed E-state index contributed by atoms with van der Waals surface area (Å²) < 4.78 is 10.6. The third kappa shape index (κ3) is 3.36. The van der Waals surface area contributed by atoms with Crippen molar-refractivity contribution >= 4 is 35.1 Å². The van der Waals surface area contributed by atoms with Crippen molar-refractivity contribution in [3.8, 4) is 11.5 Å². The fourth-order valence-corrected chi connectivity index (χ4v) is 3.57. The lowest BCUT2D eigenvalue weighted by Gasteiger charge is -2.22. The summed E-state index contributed by atoms with van der Waals surface area (Å²) in [5.41, 5.74) is 0.559. The van der Waals surface area contributed by atoms with Gasteiger partial charge in [0.2, 0.25) is 12.7 Å². The molecule has 2 aliphatic rings. The van der Waals surface area contributed by atoms with Crippen molar-refractivity contribution in [3.63, 3.8) is 0 Å². The molecule has 2 aliphatic heterocycles. The van der Waals surface area contributed by atoms with Crippen LogP contribution in [0.15, 0.2) is 36.4 Å². The van der Waals surface area contributed by atoms with Gasteiger partial charge in [0.1, 0.15) is 12.1 Å². The number of hydrogen-bond acceptors (Lipinski definition) is 5. The van der Waals surface area contributed by atoms with E-state index < -0.39 is 29.9 Å². The first-order valence-electron chi connectivity index (χ1n) is 8.88. The zero-order valence-corrected chi connectivity index (χ0v) is 16.5. The van der Waals surface area contributed by atoms with Gasteiger partial charge in [-0.2, -0.15) is 0 Å². The molecule has 9 heteroatoms. The van der Waals surface area contributed by atoms with Crippen LogP contribution < -0.4 is 20.1 Å². The number of benzene rings is 2. The van der Waals surface area contributed by atoms with Gasteiger partial charge in [0.05, 0.1) is 0 Å². The number of fused-ring (bicyclic) bond motifs is 1. The number of carbonyl (C=O) groups is 3. The Hall–Kier alpha value is -3.26. The van der Waals surface area contributed by atoms with Gasteiger partial charge >= 0.3 is 6.03 Å². The molecular weight excluding hydrogens is 398 g/mol. The van der Waals surface area contributed by atoms with E-state index >= 15 is 0 Å². The van der Waals surface area contributed by atoms with Gasteiger partial charge in [0, 0.05) is 10.7 Å². The monoisotopic (exact) mass is 415 g/mol. The number of amides is 4. The minimum absolute atomic E-state index is 0.103. The van der Waals surface area contributed by atoms with Gasteiger partial charge in [-0.25, -0.2) is 4.79 Å². The SMILES string of the molecule is Cc1cc(Cl)ccc1NC(=O)CN1C(=O)N[C@](C)(c2ccc3c(c2)OCO3)C1=O. The number of urea groups is 1. The summed E-state index contributed by atoms with van der Waals surface area (Å²) in [5.74, 6) is 0.0575. The molecule has 1 fully saturated rings. The van der Waals surface area contributed by atoms with Crippen LogP contribution in [0, 0.1) is 6.92 Å². The first-order valence-corrected chi connectivity index (χ1v) is 9.26. The van der Waals surface area contributed by atoms with E-state index in [1.807, 2.05) is 0 Å². The van der Waals surface area contributed by atoms with Crippen molar-refractivity contribution in [2.75, 3.05) is 18.7 Å². The first kappa shape index (κ1) is 19.1. The zero-order valence-electron chi connectivity index (χ0n) is 15.7. The highest BCUT2D eigenvalue weighted by molar-refractivity contribution is 6.30. The van der Waals surface area contributed by atoms with Crippen LogP contribution in [0.25, 0.3) is 0 Å². The Morgan fingerprint density at radius 1 is 1.21 bits per heavy atom. The second kappa shape index (κ2) is 6.97. The van der Waals surface area contributed by atoms with E-state index in [0.717, 1.165) is 10.5 Å². The molecule has 1 atom stereocenters. The van der Waals surface area contributed by atoms with Gasteiger partial charge in [-0.3, -0.25) is 14.5 Å². The molecule has 0 aromatic heterocycles. The number of imide groups is 1. The molecular formula is C20H18ClN3O5. The average molecular weight is 416 g/mol. The molecule has 0 spiro atoms. The lowest BCUT2D eigenvalue weighted by molar-refractivity contribution is -0.133. The van der Waals surface area contributed by atoms with E-state index in [4.69, 9.17) is 21.1 Å². The Morgan fingerprint density at radius 2 is 1.97 bits per heavy atom. The molecule has 0 aliphatic carbocycles. The van der Waals surface area contributed by atoms with Crippen LogP contribution >= 0.6 is 11.6 Å². The predicted molar refractivity (Wildman–Crippen MR) is 105 cm³/mol. The molecule has 4 amide bonds. The van der Waals surface area contributed by atoms with Crippen LogP contribution in [-0.2, 0) is 15.1 Å². The van der Waals surface area contributed by atoms with E-state index in [2.05, 4.69) is 10.6 Å². The molecule has 150 valence electrons. The van der Waals surface area contributed by atoms with Crippen molar-refractivity contribution in [2.24, 2.45) is 0 Å². The van der Waals surface area contributed by atoms with Gasteiger partial charge in [-0.05, 0) is 55.3 Å². The van der Waals surface area contributed by atoms with Crippen LogP contribution in [0.1, 0.15) is 18.1 Å². The van der Waals surface area contributed by atoms with Crippen molar-refractivity contribution in [3.05, 3.63) is 52.5 Å². The van der Waals surface area contributed by atoms with Crippen molar-refractivity contribution in [2.45, 2.75) is 19.4 Å². The van der Waals surface area contributed by atoms with Crippen LogP contribution in [0.3, 0.4) is 0 Å². The summed E-state index contributed by atoms with van der Waals surface area (Å²) in [6.07, 6.45) is 0. The van der Waals surface area contributed by atoms with E-state index in [0.29, 0.717) is 27.8 Å². The van der Waals surface area contributed by atoms with E-state index in [9.17, 15) is 14.4 Å². The minimum Gasteiger partial charge on any atom is -0.454 e. The second-order valence-electron chi connectivity index (χ2n) is 7.02. The van der Waals surface area contributed by atoms with Gasteiger partial charge in [-0.1, -0.05) is 17.7 Å². The van der Waals surface area contributed by atoms with Crippen LogP contribution in [0.5, 0.6) is 11.5 Å². The molecule has 4 rings (SSSR count). The van der Waals surface area contributed by atoms with Crippen LogP contribution in [0.2, 0.25) is 5.02 Å². The van der Waals surface area contributed by atoms with Crippen molar-refractivity contribution in [1.29, 1.82) is 0 Å². The van der Waals surface area contributed by atoms with E-state index in [-0.39, 0.29) is 6.79 Å². The number of nitrogens with one attached hydrogen (secondary N) is 2. The molecule has 2 N–H and O–H groups in total. The number of hydrogen-bond donors (Lipinski definition) is 2. The molecule has 2 heterocycles. The van der Waals surface area contributed by atoms with Gasteiger partial charge in [0.25, 0.3) is 5.91 Å². The molecule has 0 unspecified atom stereocenters. The third-order valence-electron chi connectivity index (χ3n) is 4.99. The number of nitrogens with zero attached hydrogens (tertiary/aromatic N) is 1. The highest BCUT2D eigenvalue weighted by Crippen LogP contribution is 2.37. The maximum absolute atomic E-state index is 13.0. The van der Waals surface area contributed by atoms with Gasteiger partial charge in [0.15, 0.2) is 11.5 Å². The van der Waals surface area contributed by atoms with E-state index in [1.165, 1.54) is 0 Å². The Balaban J connectivity index is 1.51. The first-order chi connectivity index (χ1) is 13.8. The third-order valence-corrected chi connectivity index (χ3v) is 5.22. The van der Waals surface area contributed by atoms with Crippen LogP contribution in [-0.4, -0.2) is 36.1 Å². The van der Waals surface area contributed by atoms with Crippen molar-refractivity contribution < 1.29 is 23.9 Å². The topological polar surface area (TPSA) is 97.0 Å². The Morgan fingerprint density at radius 3 is 2.72 bits per heavy atom. The minimum atomic E-state index is -1.31. The molecule has 29 heavy (non-hydrogen) atoms. The van der Waals surface area contributed by atoms with E-state index in [1.54, 1.807) is 50.2 Å². The maximum Gasteiger partial charge on any atom is 0.325 e. The number of halogens is 1. The molecule has 1 saturated heterocycles. The van der Waals surface area contributed by atoms with Crippen LogP contribution in [0.4, 0.5) is 10.5 Å². The smallest absolute Gasteiger partial charge is 0.325 e. The summed E-state index contributed by atoms with van der Waals surface area (Å²) in [6, 6.07) is 9.40. The predicted octanol–water partition coefficient (Wildman–Crippen LogP) is 2.78. The zero-order chi connectivity index (χ0) is 20.8. The van der Waals surface area contributed by atoms with Crippen molar-refractivity contribution in [1.82, 2.24) is 10.2 Å². The molecule has 0 bridgehead atoms. The summed E-state index contributed by atoms with van der Waals surface area (Å²) in [5, 5.41) is 5.92. The second-order valence-corrected chi connectivity index (χ2v) is 7.46. The summed E-state index contributed by atoms with van der Waals surface area (Å²) in [4.78, 5) is 38.8. The number of ether oxygens (including phenoxy) is 2. The summed E-state index contributed by atoms with van der Waals surface area (Å²) in [7, 11) is 0. The number of carbonyl (C=O) groups excluding carboxylic acids is 3. The number of aryl methyl sites for hydroxylation is 1. The van der Waals surface area contributed by atoms with Gasteiger partial charge in [-0.15, -0.1) is 0 Å². The highest BCUT2D eigenvalue weighted by Gasteiger charge is 2.49. The summed E-state index contributed by atoms with van der Waals surface area (Å²) >= 11 is 5.92. The fraction of sp³-hybridized carbons (Fsp3) is 0.250. The maximum atomic E-state index is 13.0. The largest absolute Gasteiger partial charge is 0.454 e. The summed E-state index contributed by atoms with van der Waals surface area (Å²) in [6.45, 7) is 3.08. The highest BCUT2D eigenvalue weighted by atomic mass is 35.5. The molecule has 0 saturated carbocycles. The Labute approximate surface area is 171 Å². The molecule has 2 aromatic carbocycles. The Bertz CT molecular complexity index is 1040. The molecule has 0 radical (unpaired) electrons. The standard InChI is InChI=1S/C20H18ClN3O5/c1-11-7-13(21)4-5-14(11)22-17(25)9-24-18(26)20(2,23-19(24)27)12-3-6-15-16(8-12)29-10-28-15/h3-8H,9-10H2,1-2H3,(H,22,25)(H,23,27)/t20-/m1/s1. The normalized spacial score (nSPS) is 20.0. The number of rotatable bonds is 4. The fourth-order valence-electron chi connectivity index (χ4n) is 3.34. The lowest BCUT2D eigenvalue weighted by atomic mass is 9.91. The van der Waals surface area contributed by atoms with Gasteiger partial charge < -0.3 is 20.1 Å².